The van der Waals surface area contributed by atoms with Crippen molar-refractivity contribution in [3.05, 3.63) is 183 Å². The number of para-hydroxylation sites is 3. The summed E-state index contributed by atoms with van der Waals surface area (Å²) in [6, 6.07) is 38.1. The number of ether oxygens (including phenoxy) is 2. The molecule has 6 aromatic carbocycles. The standard InChI is InChI=1S/C18H18F3NO4.C17H15NO3.C14H11Cl2NO2/c19-18(20,21)13-4-3-5-14(12-13)22-16-7-2-1-6-15(16)17(24)26-11-10-25-9-8-23;1-11(17(20)21)12-6-8-14(9-7-12)18-10-13-4-2-3-5-15(13)16(18)19;15-10-5-3-6-11(16)14(10)17-12-7-2-1-4-9(12)8-13(18)19/h1-7,12,22-23H,8-11H2;2-9,11H,10H2,1H3,(H,20,21);1-7,17H,8H2,(H,18,19). The second-order valence-corrected chi connectivity index (χ2v) is 15.2. The van der Waals surface area contributed by atoms with Gasteiger partial charge in [0.2, 0.25) is 0 Å². The Kier molecular flexibility index (Phi) is 18.1. The highest BCUT2D eigenvalue weighted by molar-refractivity contribution is 6.39. The highest BCUT2D eigenvalue weighted by Gasteiger charge is 2.31. The smallest absolute Gasteiger partial charge is 0.416 e. The lowest BCUT2D eigenvalue weighted by atomic mass is 10.0. The molecular weight excluding hydrogens is 902 g/mol. The van der Waals surface area contributed by atoms with Gasteiger partial charge in [-0.25, -0.2) is 4.79 Å². The second-order valence-electron chi connectivity index (χ2n) is 14.4. The van der Waals surface area contributed by atoms with Crippen molar-refractivity contribution in [3.63, 3.8) is 0 Å². The van der Waals surface area contributed by atoms with E-state index in [4.69, 9.17) is 48.0 Å². The molecule has 66 heavy (non-hydrogen) atoms. The van der Waals surface area contributed by atoms with Gasteiger partial charge >= 0.3 is 24.1 Å². The number of aliphatic hydroxyl groups excluding tert-OH is 1. The normalized spacial score (nSPS) is 12.1. The number of esters is 1. The van der Waals surface area contributed by atoms with Gasteiger partial charge in [0.1, 0.15) is 6.61 Å². The number of alkyl halides is 3. The molecule has 1 aliphatic rings. The van der Waals surface area contributed by atoms with Crippen LogP contribution in [0.1, 0.15) is 55.8 Å². The minimum absolute atomic E-state index is 0.00325. The molecule has 344 valence electrons. The molecule has 1 unspecified atom stereocenters. The fraction of sp³-hybridized carbons (Fsp3) is 0.184. The van der Waals surface area contributed by atoms with Crippen LogP contribution in [0.2, 0.25) is 10.0 Å². The van der Waals surface area contributed by atoms with E-state index < -0.39 is 35.6 Å². The largest absolute Gasteiger partial charge is 0.481 e. The number of nitrogens with one attached hydrogen (secondary N) is 2. The first kappa shape index (κ1) is 50.1. The van der Waals surface area contributed by atoms with Crippen LogP contribution in [0, 0.1) is 0 Å². The number of aliphatic carboxylic acids is 2. The lowest BCUT2D eigenvalue weighted by Gasteiger charge is -2.16. The third kappa shape index (κ3) is 14.0. The van der Waals surface area contributed by atoms with E-state index >= 15 is 0 Å². The molecule has 17 heteroatoms. The number of carbonyl (C=O) groups excluding carboxylic acids is 2. The fourth-order valence-corrected chi connectivity index (χ4v) is 6.89. The molecule has 6 aromatic rings. The molecule has 7 rings (SSSR count). The van der Waals surface area contributed by atoms with Crippen LogP contribution in [0.15, 0.2) is 140 Å². The number of halogens is 5. The van der Waals surface area contributed by atoms with Crippen molar-refractivity contribution in [2.24, 2.45) is 0 Å². The van der Waals surface area contributed by atoms with Crippen molar-refractivity contribution >= 4 is 75.5 Å². The minimum atomic E-state index is -4.45. The molecule has 1 atom stereocenters. The molecule has 0 saturated heterocycles. The zero-order valence-corrected chi connectivity index (χ0v) is 36.7. The number of hydrogen-bond donors (Lipinski definition) is 5. The van der Waals surface area contributed by atoms with Crippen molar-refractivity contribution in [1.29, 1.82) is 0 Å². The zero-order valence-electron chi connectivity index (χ0n) is 35.2. The molecule has 1 aliphatic heterocycles. The van der Waals surface area contributed by atoms with Gasteiger partial charge in [0.15, 0.2) is 0 Å². The van der Waals surface area contributed by atoms with Crippen LogP contribution in [0.3, 0.4) is 0 Å². The maximum absolute atomic E-state index is 12.8. The summed E-state index contributed by atoms with van der Waals surface area (Å²) in [5.74, 6) is -2.94. The molecule has 0 bridgehead atoms. The first-order chi connectivity index (χ1) is 31.6. The van der Waals surface area contributed by atoms with Gasteiger partial charge in [-0.2, -0.15) is 13.2 Å². The number of fused-ring (bicyclic) bond motifs is 1. The van der Waals surface area contributed by atoms with E-state index in [1.165, 1.54) is 18.2 Å². The van der Waals surface area contributed by atoms with Gasteiger partial charge in [-0.3, -0.25) is 14.4 Å². The number of aliphatic hydroxyl groups is 1. The van der Waals surface area contributed by atoms with Crippen molar-refractivity contribution in [1.82, 2.24) is 0 Å². The van der Waals surface area contributed by atoms with Crippen LogP contribution in [-0.4, -0.2) is 65.6 Å². The van der Waals surface area contributed by atoms with E-state index in [0.29, 0.717) is 39.2 Å². The first-order valence-corrected chi connectivity index (χ1v) is 20.9. The number of amides is 1. The Bertz CT molecular complexity index is 2610. The zero-order chi connectivity index (χ0) is 47.8. The summed E-state index contributed by atoms with van der Waals surface area (Å²) in [6.45, 7) is 2.35. The third-order valence-corrected chi connectivity index (χ3v) is 10.4. The Hall–Kier alpha value is -6.91. The molecule has 5 N–H and O–H groups in total. The number of carbonyl (C=O) groups is 4. The summed E-state index contributed by atoms with van der Waals surface area (Å²) in [7, 11) is 0. The summed E-state index contributed by atoms with van der Waals surface area (Å²) in [5.41, 5.74) is 5.13. The lowest BCUT2D eigenvalue weighted by molar-refractivity contribution is -0.139. The Labute approximate surface area is 388 Å². The van der Waals surface area contributed by atoms with Crippen molar-refractivity contribution < 1.29 is 57.1 Å². The van der Waals surface area contributed by atoms with Gasteiger partial charge in [0.05, 0.1) is 71.3 Å². The average molecular weight is 947 g/mol. The number of benzene rings is 6. The number of carboxylic acids is 2. The SMILES string of the molecule is CC(C(=O)O)c1ccc(N2Cc3ccccc3C2=O)cc1.O=C(O)Cc1ccccc1Nc1c(Cl)cccc1Cl.O=C(OCCOCCO)c1ccccc1Nc1cccc(C(F)(F)F)c1. The van der Waals surface area contributed by atoms with Crippen LogP contribution in [0.25, 0.3) is 0 Å². The lowest BCUT2D eigenvalue weighted by Crippen LogP contribution is -2.23. The van der Waals surface area contributed by atoms with E-state index in [1.807, 2.05) is 30.3 Å². The predicted molar refractivity (Wildman–Crippen MR) is 246 cm³/mol. The highest BCUT2D eigenvalue weighted by atomic mass is 35.5. The van der Waals surface area contributed by atoms with Crippen LogP contribution >= 0.6 is 23.2 Å². The summed E-state index contributed by atoms with van der Waals surface area (Å²) in [4.78, 5) is 48.0. The van der Waals surface area contributed by atoms with Gasteiger partial charge in [-0.15, -0.1) is 0 Å². The van der Waals surface area contributed by atoms with Gasteiger partial charge in [-0.1, -0.05) is 96.0 Å². The minimum Gasteiger partial charge on any atom is -0.481 e. The van der Waals surface area contributed by atoms with Gasteiger partial charge in [-0.05, 0) is 90.3 Å². The number of nitrogens with zero attached hydrogens (tertiary/aromatic N) is 1. The van der Waals surface area contributed by atoms with Crippen molar-refractivity contribution in [2.75, 3.05) is 42.0 Å². The fourth-order valence-electron chi connectivity index (χ4n) is 6.40. The number of anilines is 5. The number of carboxylic acid groups (broad SMARTS) is 2. The Morgan fingerprint density at radius 2 is 1.39 bits per heavy atom. The molecule has 0 fully saturated rings. The molecular formula is C49H44Cl2F3N3O9. The number of hydrogen-bond acceptors (Lipinski definition) is 9. The highest BCUT2D eigenvalue weighted by Crippen LogP contribution is 2.35. The Morgan fingerprint density at radius 3 is 2.05 bits per heavy atom. The molecule has 1 heterocycles. The van der Waals surface area contributed by atoms with E-state index in [0.717, 1.165) is 34.5 Å². The van der Waals surface area contributed by atoms with Crippen molar-refractivity contribution in [3.8, 4) is 0 Å². The van der Waals surface area contributed by atoms with E-state index in [1.54, 1.807) is 90.7 Å². The molecule has 0 aliphatic carbocycles. The predicted octanol–water partition coefficient (Wildman–Crippen LogP) is 11.0. The first-order valence-electron chi connectivity index (χ1n) is 20.2. The number of rotatable bonds is 15. The summed E-state index contributed by atoms with van der Waals surface area (Å²) >= 11 is 12.1. The maximum Gasteiger partial charge on any atom is 0.416 e. The quantitative estimate of drug-likeness (QED) is 0.0489. The monoisotopic (exact) mass is 945 g/mol. The topological polar surface area (TPSA) is 175 Å². The Balaban J connectivity index is 0.000000188. The molecule has 0 aromatic heterocycles. The summed E-state index contributed by atoms with van der Waals surface area (Å²) in [6.07, 6.45) is -4.52. The summed E-state index contributed by atoms with van der Waals surface area (Å²) in [5, 5.41) is 33.4. The van der Waals surface area contributed by atoms with E-state index in [-0.39, 0.29) is 50.0 Å². The van der Waals surface area contributed by atoms with Crippen molar-refractivity contribution in [2.45, 2.75) is 32.0 Å². The van der Waals surface area contributed by atoms with Crippen LogP contribution in [0.5, 0.6) is 0 Å². The molecule has 12 nitrogen and oxygen atoms in total. The maximum atomic E-state index is 12.8. The van der Waals surface area contributed by atoms with E-state index in [9.17, 15) is 32.3 Å². The van der Waals surface area contributed by atoms with Gasteiger partial charge in [0, 0.05) is 22.6 Å². The molecule has 1 amide bonds. The third-order valence-electron chi connectivity index (χ3n) is 9.79. The van der Waals surface area contributed by atoms with Crippen LogP contribution in [0.4, 0.5) is 41.6 Å². The average Bonchev–Trinajstić information content (AvgIpc) is 3.64. The van der Waals surface area contributed by atoms with Gasteiger partial charge in [0.25, 0.3) is 5.91 Å². The summed E-state index contributed by atoms with van der Waals surface area (Å²) < 4.78 is 48.5. The molecule has 0 saturated carbocycles. The second kappa shape index (κ2) is 23.9. The van der Waals surface area contributed by atoms with Gasteiger partial charge < -0.3 is 40.3 Å². The molecule has 0 radical (unpaired) electrons. The van der Waals surface area contributed by atoms with E-state index in [2.05, 4.69) is 10.6 Å². The van der Waals surface area contributed by atoms with Crippen LogP contribution < -0.4 is 15.5 Å². The molecule has 0 spiro atoms. The van der Waals surface area contributed by atoms with Crippen LogP contribution in [-0.2, 0) is 38.2 Å². The Morgan fingerprint density at radius 1 is 0.758 bits per heavy atom.